The average Bonchev–Trinajstić information content (AvgIpc) is 2.89. The first-order valence-corrected chi connectivity index (χ1v) is 12.8. The lowest BCUT2D eigenvalue weighted by Crippen LogP contribution is -2.53. The summed E-state index contributed by atoms with van der Waals surface area (Å²) in [5.74, 6) is -0.883. The molecule has 12 heteroatoms. The molecule has 1 aromatic heterocycles. The summed E-state index contributed by atoms with van der Waals surface area (Å²) in [6, 6.07) is 12.6. The highest BCUT2D eigenvalue weighted by Gasteiger charge is 2.71. The molecule has 0 bridgehead atoms. The van der Waals surface area contributed by atoms with Crippen LogP contribution in [0.15, 0.2) is 67.0 Å². The van der Waals surface area contributed by atoms with Crippen LogP contribution in [-0.4, -0.2) is 69.0 Å². The van der Waals surface area contributed by atoms with Crippen molar-refractivity contribution >= 4 is 5.97 Å². The number of aryl methyl sites for hydroxylation is 1. The lowest BCUT2D eigenvalue weighted by Gasteiger charge is -2.41. The van der Waals surface area contributed by atoms with Gasteiger partial charge in [-0.25, -0.2) is 0 Å². The second-order valence-corrected chi connectivity index (χ2v) is 10.2. The summed E-state index contributed by atoms with van der Waals surface area (Å²) in [5.41, 5.74) is -2.53. The second-order valence-electron chi connectivity index (χ2n) is 10.2. The number of carbonyl (C=O) groups is 1. The Morgan fingerprint density at radius 3 is 2.10 bits per heavy atom. The van der Waals surface area contributed by atoms with E-state index in [1.807, 2.05) is 24.3 Å². The largest absolute Gasteiger partial charge is 0.481 e. The fourth-order valence-corrected chi connectivity index (χ4v) is 5.21. The van der Waals surface area contributed by atoms with Gasteiger partial charge in [-0.1, -0.05) is 42.5 Å². The lowest BCUT2D eigenvalue weighted by atomic mass is 9.90. The maximum Gasteiger partial charge on any atom is 0.430 e. The van der Waals surface area contributed by atoms with Gasteiger partial charge in [-0.05, 0) is 46.9 Å². The minimum atomic E-state index is -5.95. The summed E-state index contributed by atoms with van der Waals surface area (Å²) in [5, 5.41) is 19.1. The van der Waals surface area contributed by atoms with Crippen LogP contribution in [0.25, 0.3) is 11.1 Å². The van der Waals surface area contributed by atoms with Crippen molar-refractivity contribution < 1.29 is 41.4 Å². The fourth-order valence-electron chi connectivity index (χ4n) is 5.21. The molecule has 1 fully saturated rings. The predicted octanol–water partition coefficient (Wildman–Crippen LogP) is 5.53. The quantitative estimate of drug-likeness (QED) is 0.341. The van der Waals surface area contributed by atoms with Crippen molar-refractivity contribution in [2.45, 2.75) is 50.4 Å². The van der Waals surface area contributed by atoms with E-state index < -0.39 is 29.5 Å². The molecule has 1 atom stereocenters. The van der Waals surface area contributed by atoms with Crippen LogP contribution in [0.4, 0.5) is 26.3 Å². The molecule has 0 spiro atoms. The minimum Gasteiger partial charge on any atom is -0.481 e. The van der Waals surface area contributed by atoms with E-state index in [4.69, 9.17) is 0 Å². The number of hydrogen-bond acceptors (Lipinski definition) is 5. The first-order chi connectivity index (χ1) is 19.2. The molecule has 1 aliphatic heterocycles. The van der Waals surface area contributed by atoms with Crippen LogP contribution in [-0.2, 0) is 23.5 Å². The third kappa shape index (κ3) is 6.71. The highest BCUT2D eigenvalue weighted by molar-refractivity contribution is 5.68. The Labute approximate surface area is 232 Å². The number of carboxylic acid groups (broad SMARTS) is 1. The number of nitrogens with zero attached hydrogens (tertiary/aromatic N) is 3. The molecule has 4 rings (SSSR count). The Kier molecular flexibility index (Phi) is 8.76. The highest BCUT2D eigenvalue weighted by Crippen LogP contribution is 2.50. The summed E-state index contributed by atoms with van der Waals surface area (Å²) in [7, 11) is 0. The van der Waals surface area contributed by atoms with Gasteiger partial charge in [0.25, 0.3) is 5.60 Å². The molecular weight excluding hydrogens is 552 g/mol. The fraction of sp³-hybridized carbons (Fsp3) is 0.379. The van der Waals surface area contributed by atoms with Gasteiger partial charge in [0.15, 0.2) is 0 Å². The number of piperazine rings is 1. The van der Waals surface area contributed by atoms with Gasteiger partial charge >= 0.3 is 18.3 Å². The molecular formula is C29H29F6N3O3. The third-order valence-electron chi connectivity index (χ3n) is 7.37. The van der Waals surface area contributed by atoms with Crippen molar-refractivity contribution in [2.75, 3.05) is 19.6 Å². The van der Waals surface area contributed by atoms with E-state index in [-0.39, 0.29) is 12.5 Å². The smallest absolute Gasteiger partial charge is 0.430 e. The molecule has 0 unspecified atom stereocenters. The first-order valence-electron chi connectivity index (χ1n) is 12.8. The molecule has 6 nitrogen and oxygen atoms in total. The van der Waals surface area contributed by atoms with E-state index >= 15 is 0 Å². The van der Waals surface area contributed by atoms with Crippen LogP contribution >= 0.6 is 0 Å². The summed E-state index contributed by atoms with van der Waals surface area (Å²) in [6.07, 6.45) is -8.50. The number of halogens is 6. The Bertz CT molecular complexity index is 1330. The summed E-state index contributed by atoms with van der Waals surface area (Å²) >= 11 is 0. The van der Waals surface area contributed by atoms with E-state index in [2.05, 4.69) is 14.8 Å². The molecule has 0 radical (unpaired) electrons. The normalized spacial score (nSPS) is 17.5. The van der Waals surface area contributed by atoms with Gasteiger partial charge in [0.05, 0.1) is 6.42 Å². The first kappa shape index (κ1) is 30.5. The Hall–Kier alpha value is -3.48. The van der Waals surface area contributed by atoms with Crippen molar-refractivity contribution in [1.29, 1.82) is 0 Å². The van der Waals surface area contributed by atoms with E-state index in [0.29, 0.717) is 56.0 Å². The Morgan fingerprint density at radius 1 is 0.902 bits per heavy atom. The average molecular weight is 582 g/mol. The number of rotatable bonds is 8. The van der Waals surface area contributed by atoms with Gasteiger partial charge in [0.2, 0.25) is 0 Å². The number of alkyl halides is 6. The van der Waals surface area contributed by atoms with Crippen LogP contribution in [0.5, 0.6) is 0 Å². The Morgan fingerprint density at radius 2 is 1.54 bits per heavy atom. The van der Waals surface area contributed by atoms with Crippen molar-refractivity contribution in [3.63, 3.8) is 0 Å². The molecule has 1 saturated heterocycles. The summed E-state index contributed by atoms with van der Waals surface area (Å²) < 4.78 is 79.3. The second kappa shape index (κ2) is 11.8. The number of carboxylic acids is 1. The van der Waals surface area contributed by atoms with Crippen LogP contribution < -0.4 is 0 Å². The van der Waals surface area contributed by atoms with Gasteiger partial charge in [-0.3, -0.25) is 19.6 Å². The standard InChI is InChI=1S/C29H29F6N3O3/c1-19-14-21(16-37-12-13-38(24(18-37)15-26(39)40)17-20-8-10-36-11-9-20)2-7-25(19)22-3-5-23(6-4-22)27(41,28(30,31)32)29(33,34)35/h2-11,14,24,41H,12-13,15-18H2,1H3,(H,39,40)/t24-/m0/s1. The monoisotopic (exact) mass is 581 g/mol. The molecule has 2 aromatic carbocycles. The number of aromatic nitrogens is 1. The van der Waals surface area contributed by atoms with E-state index in [1.54, 1.807) is 25.4 Å². The zero-order chi connectivity index (χ0) is 30.0. The molecule has 0 saturated carbocycles. The molecule has 220 valence electrons. The number of pyridine rings is 1. The minimum absolute atomic E-state index is 0.00660. The van der Waals surface area contributed by atoms with E-state index in [1.165, 1.54) is 0 Å². The van der Waals surface area contributed by atoms with Gasteiger partial charge in [0, 0.05) is 56.7 Å². The van der Waals surface area contributed by atoms with Gasteiger partial charge in [-0.15, -0.1) is 0 Å². The number of aliphatic carboxylic acids is 1. The number of hydrogen-bond donors (Lipinski definition) is 2. The molecule has 3 aromatic rings. The van der Waals surface area contributed by atoms with Crippen LogP contribution in [0.3, 0.4) is 0 Å². The van der Waals surface area contributed by atoms with Gasteiger partial charge in [-0.2, -0.15) is 26.3 Å². The van der Waals surface area contributed by atoms with E-state index in [0.717, 1.165) is 28.8 Å². The zero-order valence-electron chi connectivity index (χ0n) is 22.1. The number of benzene rings is 2. The molecule has 0 amide bonds. The van der Waals surface area contributed by atoms with Crippen molar-refractivity contribution in [3.8, 4) is 11.1 Å². The molecule has 0 aliphatic carbocycles. The van der Waals surface area contributed by atoms with Crippen LogP contribution in [0, 0.1) is 6.92 Å². The lowest BCUT2D eigenvalue weighted by molar-refractivity contribution is -0.376. The van der Waals surface area contributed by atoms with Crippen molar-refractivity contribution in [3.05, 3.63) is 89.2 Å². The topological polar surface area (TPSA) is 76.9 Å². The SMILES string of the molecule is Cc1cc(CN2CCN(Cc3ccncc3)[C@@H](CC(=O)O)C2)ccc1-c1ccc(C(O)(C(F)(F)F)C(F)(F)F)cc1. The maximum atomic E-state index is 13.2. The Balaban J connectivity index is 1.47. The third-order valence-corrected chi connectivity index (χ3v) is 7.37. The van der Waals surface area contributed by atoms with E-state index in [9.17, 15) is 41.4 Å². The van der Waals surface area contributed by atoms with Crippen LogP contribution in [0.1, 0.15) is 28.7 Å². The predicted molar refractivity (Wildman–Crippen MR) is 139 cm³/mol. The summed E-state index contributed by atoms with van der Waals surface area (Å²) in [6.45, 7) is 4.87. The van der Waals surface area contributed by atoms with Crippen molar-refractivity contribution in [1.82, 2.24) is 14.8 Å². The van der Waals surface area contributed by atoms with Crippen molar-refractivity contribution in [2.24, 2.45) is 0 Å². The molecule has 41 heavy (non-hydrogen) atoms. The van der Waals surface area contributed by atoms with Gasteiger partial charge in [0.1, 0.15) is 0 Å². The molecule has 2 heterocycles. The summed E-state index contributed by atoms with van der Waals surface area (Å²) in [4.78, 5) is 19.9. The molecule has 1 aliphatic rings. The van der Waals surface area contributed by atoms with Gasteiger partial charge < -0.3 is 10.2 Å². The number of aliphatic hydroxyl groups is 1. The molecule has 2 N–H and O–H groups in total. The van der Waals surface area contributed by atoms with Crippen LogP contribution in [0.2, 0.25) is 0 Å². The maximum absolute atomic E-state index is 13.2. The zero-order valence-corrected chi connectivity index (χ0v) is 22.1. The highest BCUT2D eigenvalue weighted by atomic mass is 19.4.